The van der Waals surface area contributed by atoms with Crippen LogP contribution in [0.4, 0.5) is 9.18 Å². The van der Waals surface area contributed by atoms with Crippen LogP contribution in [-0.4, -0.2) is 92.0 Å². The average molecular weight is 770 g/mol. The molecule has 2 atom stereocenters. The monoisotopic (exact) mass is 768 g/mol. The molecule has 3 aromatic carbocycles. The van der Waals surface area contributed by atoms with Gasteiger partial charge in [-0.2, -0.15) is 0 Å². The number of hydrogen-bond acceptors (Lipinski definition) is 7. The second-order valence-electron chi connectivity index (χ2n) is 11.7. The number of carbonyl (C=O) groups excluding carboxylic acids is 2. The lowest BCUT2D eigenvalue weighted by Crippen LogP contribution is -2.59. The van der Waals surface area contributed by atoms with Gasteiger partial charge in [-0.3, -0.25) is 14.5 Å². The maximum atomic E-state index is 14.3. The van der Waals surface area contributed by atoms with Crippen molar-refractivity contribution >= 4 is 51.1 Å². The van der Waals surface area contributed by atoms with Gasteiger partial charge in [0.1, 0.15) is 22.8 Å². The number of nitrogens with one attached hydrogen (secondary N) is 2. The van der Waals surface area contributed by atoms with Gasteiger partial charge in [-0.1, -0.05) is 65.7 Å². The zero-order valence-electron chi connectivity index (χ0n) is 28.7. The lowest BCUT2D eigenvalue weighted by Gasteiger charge is -2.35. The van der Waals surface area contributed by atoms with Crippen LogP contribution in [0.15, 0.2) is 77.7 Å². The fourth-order valence-electron chi connectivity index (χ4n) is 5.16. The molecule has 0 aliphatic heterocycles. The zero-order valence-corrected chi connectivity index (χ0v) is 31.1. The van der Waals surface area contributed by atoms with Crippen LogP contribution in [0.25, 0.3) is 0 Å². The van der Waals surface area contributed by atoms with Gasteiger partial charge in [0.25, 0.3) is 0 Å². The van der Waals surface area contributed by atoms with Crippen LogP contribution in [0.3, 0.4) is 0 Å². The Balaban J connectivity index is 2.04. The van der Waals surface area contributed by atoms with Gasteiger partial charge in [-0.25, -0.2) is 22.3 Å². The topological polar surface area (TPSA) is 155 Å². The first-order valence-electron chi connectivity index (χ1n) is 16.2. The first-order chi connectivity index (χ1) is 24.2. The second kappa shape index (κ2) is 19.7. The maximum absolute atomic E-state index is 14.3. The van der Waals surface area contributed by atoms with Crippen molar-refractivity contribution in [2.75, 3.05) is 26.3 Å². The van der Waals surface area contributed by atoms with Crippen LogP contribution in [0.2, 0.25) is 10.0 Å². The zero-order chi connectivity index (χ0) is 37.7. The van der Waals surface area contributed by atoms with Crippen molar-refractivity contribution < 1.29 is 41.8 Å². The molecule has 2 unspecified atom stereocenters. The quantitative estimate of drug-likeness (QED) is 0.139. The third-order valence-corrected chi connectivity index (χ3v) is 9.84. The van der Waals surface area contributed by atoms with Crippen molar-refractivity contribution in [2.24, 2.45) is 0 Å². The largest absolute Gasteiger partial charge is 0.465 e. The molecule has 0 radical (unpaired) electrons. The molecule has 12 nitrogen and oxygen atoms in total. The predicted molar refractivity (Wildman–Crippen MR) is 191 cm³/mol. The third-order valence-electron chi connectivity index (χ3n) is 7.70. The second-order valence-corrected chi connectivity index (χ2v) is 14.2. The number of rotatable bonds is 19. The van der Waals surface area contributed by atoms with Gasteiger partial charge in [-0.05, 0) is 69.2 Å². The van der Waals surface area contributed by atoms with Crippen molar-refractivity contribution in [2.45, 2.75) is 70.0 Å². The lowest BCUT2D eigenvalue weighted by molar-refractivity contribution is -0.163. The Kier molecular flexibility index (Phi) is 16.1. The summed E-state index contributed by atoms with van der Waals surface area (Å²) in [7, 11) is -4.39. The summed E-state index contributed by atoms with van der Waals surface area (Å²) in [5.41, 5.74) is 1.02. The van der Waals surface area contributed by atoms with E-state index in [2.05, 4.69) is 10.0 Å². The van der Waals surface area contributed by atoms with E-state index in [0.717, 1.165) is 4.90 Å². The van der Waals surface area contributed by atoms with Crippen LogP contribution >= 0.6 is 23.2 Å². The Morgan fingerprint density at radius 2 is 1.53 bits per heavy atom. The normalized spacial score (nSPS) is 12.8. The van der Waals surface area contributed by atoms with Crippen molar-refractivity contribution in [3.05, 3.63) is 99.8 Å². The summed E-state index contributed by atoms with van der Waals surface area (Å²) in [5, 5.41) is 13.0. The fraction of sp³-hybridized carbons (Fsp3) is 0.400. The van der Waals surface area contributed by atoms with Gasteiger partial charge in [-0.15, -0.1) is 0 Å². The number of halogens is 3. The minimum absolute atomic E-state index is 0.00824. The smallest absolute Gasteiger partial charge is 0.408 e. The number of benzene rings is 3. The molecule has 0 bridgehead atoms. The predicted octanol–water partition coefficient (Wildman–Crippen LogP) is 5.32. The Morgan fingerprint density at radius 3 is 2.08 bits per heavy atom. The van der Waals surface area contributed by atoms with E-state index in [1.807, 2.05) is 0 Å². The molecule has 3 rings (SSSR count). The Hall–Kier alpha value is -3.79. The molecule has 3 N–H and O–H groups in total. The first kappa shape index (κ1) is 41.6. The van der Waals surface area contributed by atoms with Gasteiger partial charge in [0.05, 0.1) is 11.6 Å². The van der Waals surface area contributed by atoms with E-state index in [0.29, 0.717) is 24.3 Å². The number of sulfonamides is 1. The summed E-state index contributed by atoms with van der Waals surface area (Å²) in [6.45, 7) is 6.72. The van der Waals surface area contributed by atoms with Crippen LogP contribution < -0.4 is 10.0 Å². The molecular weight excluding hydrogens is 726 g/mol. The maximum Gasteiger partial charge on any atom is 0.408 e. The van der Waals surface area contributed by atoms with Gasteiger partial charge in [0, 0.05) is 43.8 Å². The SMILES string of the molecule is CCOC(CN(C(=O)C(Cc1ccc(F)cc1)NC(=O)C(CNS(=O)(=O)c1ccc(Cl)cc1Cl)N(Cc1ccccc1)C(=O)O)C(C)C)OCC. The van der Waals surface area contributed by atoms with Crippen molar-refractivity contribution in [1.82, 2.24) is 19.8 Å². The molecule has 0 spiro atoms. The molecular formula is C35H43Cl2FN4O8S. The van der Waals surface area contributed by atoms with Gasteiger partial charge in [0.2, 0.25) is 21.8 Å². The van der Waals surface area contributed by atoms with Gasteiger partial charge in [0.15, 0.2) is 6.29 Å². The Labute approximate surface area is 307 Å². The summed E-state index contributed by atoms with van der Waals surface area (Å²) in [6.07, 6.45) is -2.40. The molecule has 16 heteroatoms. The molecule has 278 valence electrons. The molecule has 0 aromatic heterocycles. The number of hydrogen-bond donors (Lipinski definition) is 3. The lowest BCUT2D eigenvalue weighted by atomic mass is 10.0. The molecule has 0 aliphatic rings. The molecule has 51 heavy (non-hydrogen) atoms. The van der Waals surface area contributed by atoms with Crippen LogP contribution in [-0.2, 0) is 42.1 Å². The minimum atomic E-state index is -4.39. The highest BCUT2D eigenvalue weighted by Gasteiger charge is 2.36. The van der Waals surface area contributed by atoms with E-state index in [4.69, 9.17) is 32.7 Å². The van der Waals surface area contributed by atoms with Gasteiger partial charge < -0.3 is 24.8 Å². The molecule has 3 amide bonds. The van der Waals surface area contributed by atoms with Crippen LogP contribution in [0, 0.1) is 5.82 Å². The van der Waals surface area contributed by atoms with Crippen molar-refractivity contribution in [1.29, 1.82) is 0 Å². The minimum Gasteiger partial charge on any atom is -0.465 e. The van der Waals surface area contributed by atoms with Crippen molar-refractivity contribution in [3.8, 4) is 0 Å². The Bertz CT molecular complexity index is 1710. The van der Waals surface area contributed by atoms with E-state index in [1.165, 1.54) is 47.4 Å². The van der Waals surface area contributed by atoms with Crippen molar-refractivity contribution in [3.63, 3.8) is 0 Å². The van der Waals surface area contributed by atoms with Gasteiger partial charge >= 0.3 is 6.09 Å². The van der Waals surface area contributed by atoms with E-state index in [1.54, 1.807) is 58.0 Å². The fourth-order valence-corrected chi connectivity index (χ4v) is 6.97. The standard InChI is InChI=1S/C35H43Cl2FN4O8S/c1-5-49-32(50-6-2)22-41(23(3)4)34(44)29(18-24-12-15-27(38)16-13-24)40-33(43)30(42(35(45)46)21-25-10-8-7-9-11-25)20-39-51(47,48)31-17-14-26(36)19-28(31)37/h7-17,19,23,29-30,32,39H,5-6,18,20-22H2,1-4H3,(H,40,43)(H,45,46). The van der Waals surface area contributed by atoms with E-state index in [9.17, 15) is 32.3 Å². The van der Waals surface area contributed by atoms with Crippen LogP contribution in [0.1, 0.15) is 38.8 Å². The molecule has 0 heterocycles. The summed E-state index contributed by atoms with van der Waals surface area (Å²) < 4.78 is 54.2. The van der Waals surface area contributed by atoms with E-state index < -0.39 is 64.7 Å². The average Bonchev–Trinajstić information content (AvgIpc) is 3.07. The highest BCUT2D eigenvalue weighted by atomic mass is 35.5. The molecule has 0 fully saturated rings. The summed E-state index contributed by atoms with van der Waals surface area (Å²) in [4.78, 5) is 43.1. The number of ether oxygens (including phenoxy) is 2. The summed E-state index contributed by atoms with van der Waals surface area (Å²) in [6, 6.07) is 14.1. The molecule has 0 saturated heterocycles. The highest BCUT2D eigenvalue weighted by molar-refractivity contribution is 7.89. The highest BCUT2D eigenvalue weighted by Crippen LogP contribution is 2.25. The number of amides is 3. The third kappa shape index (κ3) is 12.4. The Morgan fingerprint density at radius 1 is 0.902 bits per heavy atom. The summed E-state index contributed by atoms with van der Waals surface area (Å²) >= 11 is 12.1. The first-order valence-corrected chi connectivity index (χ1v) is 18.5. The van der Waals surface area contributed by atoms with E-state index in [-0.39, 0.29) is 34.5 Å². The molecule has 0 aliphatic carbocycles. The number of nitrogens with zero attached hydrogens (tertiary/aromatic N) is 2. The molecule has 0 saturated carbocycles. The van der Waals surface area contributed by atoms with Crippen LogP contribution in [0.5, 0.6) is 0 Å². The number of carboxylic acid groups (broad SMARTS) is 1. The summed E-state index contributed by atoms with van der Waals surface area (Å²) in [5.74, 6) is -2.02. The van der Waals surface area contributed by atoms with E-state index >= 15 is 0 Å². The number of carbonyl (C=O) groups is 3. The molecule has 3 aromatic rings.